The summed E-state index contributed by atoms with van der Waals surface area (Å²) >= 11 is 6.19. The van der Waals surface area contributed by atoms with E-state index < -0.39 is 12.1 Å². The number of benzene rings is 2. The lowest BCUT2D eigenvalue weighted by atomic mass is 9.98. The van der Waals surface area contributed by atoms with Gasteiger partial charge < -0.3 is 25.9 Å². The van der Waals surface area contributed by atoms with Crippen molar-refractivity contribution < 1.29 is 29.0 Å². The third-order valence-corrected chi connectivity index (χ3v) is 7.33. The van der Waals surface area contributed by atoms with Crippen LogP contribution in [-0.2, 0) is 14.3 Å². The molecule has 2 heterocycles. The standard InChI is InChI=1S/C31H37ClN8O5/c1-44-15-16-45-31(42)37-24-8-9-25-21-12-14-40(43)29(18-21)26(5-3-2-4-13-35-27(25)19-24)38-30(41)11-6-22-17-23(32)7-10-28(22)39(34)20-36-33/h6-12,14,17-20,26,43H,2-5,13,15-16,33-34H2,1H3,(H2,35,37,38,41,42)/p+1/b11-6+,25-21?,36-20-/t26-/m0/s1. The van der Waals surface area contributed by atoms with E-state index in [9.17, 15) is 14.8 Å². The van der Waals surface area contributed by atoms with E-state index in [0.29, 0.717) is 47.2 Å². The van der Waals surface area contributed by atoms with Crippen molar-refractivity contribution in [3.63, 3.8) is 0 Å². The van der Waals surface area contributed by atoms with E-state index in [0.717, 1.165) is 40.8 Å². The van der Waals surface area contributed by atoms with E-state index >= 15 is 0 Å². The number of aromatic nitrogens is 1. The number of fused-ring (bicyclic) bond motifs is 4. The Morgan fingerprint density at radius 2 is 2.02 bits per heavy atom. The van der Waals surface area contributed by atoms with Crippen LogP contribution in [-0.4, -0.2) is 50.4 Å². The molecule has 1 aliphatic heterocycles. The lowest BCUT2D eigenvalue weighted by Crippen LogP contribution is -2.41. The van der Waals surface area contributed by atoms with Gasteiger partial charge in [0.25, 0.3) is 5.69 Å². The topological polar surface area (TPSA) is 180 Å². The highest BCUT2D eigenvalue weighted by molar-refractivity contribution is 6.30. The summed E-state index contributed by atoms with van der Waals surface area (Å²) in [6, 6.07) is 13.7. The van der Waals surface area contributed by atoms with E-state index in [4.69, 9.17) is 32.8 Å². The molecule has 1 aromatic heterocycles. The van der Waals surface area contributed by atoms with Gasteiger partial charge in [-0.2, -0.15) is 5.10 Å². The zero-order valence-electron chi connectivity index (χ0n) is 24.9. The molecular weight excluding hydrogens is 600 g/mol. The molecule has 0 unspecified atom stereocenters. The molecule has 0 fully saturated rings. The Morgan fingerprint density at radius 1 is 1.18 bits per heavy atom. The maximum absolute atomic E-state index is 13.2. The van der Waals surface area contributed by atoms with Gasteiger partial charge in [0, 0.05) is 64.1 Å². The number of nitrogens with one attached hydrogen (secondary N) is 3. The second-order valence-electron chi connectivity index (χ2n) is 10.2. The maximum Gasteiger partial charge on any atom is 0.411 e. The third-order valence-electron chi connectivity index (χ3n) is 7.09. The molecule has 45 heavy (non-hydrogen) atoms. The number of methoxy groups -OCH3 is 1. The zero-order valence-corrected chi connectivity index (χ0v) is 25.7. The molecular formula is C31H38ClN8O5+. The van der Waals surface area contributed by atoms with Crippen molar-refractivity contribution in [2.24, 2.45) is 16.8 Å². The van der Waals surface area contributed by atoms with Crippen molar-refractivity contribution in [1.82, 2.24) is 5.32 Å². The molecule has 3 aromatic rings. The van der Waals surface area contributed by atoms with Crippen LogP contribution >= 0.6 is 11.6 Å². The van der Waals surface area contributed by atoms with E-state index in [-0.39, 0.29) is 12.5 Å². The summed E-state index contributed by atoms with van der Waals surface area (Å²) in [5.74, 6) is 10.9. The number of carbonyl (C=O) groups excluding carboxylic acids is 2. The average Bonchev–Trinajstić information content (AvgIpc) is 3.01. The van der Waals surface area contributed by atoms with Crippen LogP contribution in [0.1, 0.15) is 43.0 Å². The summed E-state index contributed by atoms with van der Waals surface area (Å²) in [6.45, 7) is 1.16. The molecule has 2 amide bonds. The minimum absolute atomic E-state index is 0.144. The van der Waals surface area contributed by atoms with Gasteiger partial charge >= 0.3 is 6.09 Å². The molecule has 13 nitrogen and oxygen atoms in total. The number of amides is 2. The van der Waals surface area contributed by atoms with Crippen molar-refractivity contribution in [1.29, 1.82) is 0 Å². The first kappa shape index (κ1) is 33.1. The van der Waals surface area contributed by atoms with Crippen LogP contribution in [0.4, 0.5) is 21.9 Å². The molecule has 1 atom stereocenters. The number of ether oxygens (including phenoxy) is 2. The zero-order chi connectivity index (χ0) is 32.2. The third kappa shape index (κ3) is 9.32. The number of hydrazine groups is 1. The Bertz CT molecular complexity index is 1550. The van der Waals surface area contributed by atoms with Crippen LogP contribution < -0.4 is 37.4 Å². The van der Waals surface area contributed by atoms with Crippen LogP contribution in [0.25, 0.3) is 17.2 Å². The Labute approximate surface area is 266 Å². The monoisotopic (exact) mass is 637 g/mol. The van der Waals surface area contributed by atoms with Crippen LogP contribution in [0.15, 0.2) is 65.9 Å². The highest BCUT2D eigenvalue weighted by atomic mass is 35.5. The Morgan fingerprint density at radius 3 is 2.82 bits per heavy atom. The predicted octanol–water partition coefficient (Wildman–Crippen LogP) is 4.17. The Balaban J connectivity index is 1.59. The van der Waals surface area contributed by atoms with Crippen molar-refractivity contribution in [3.8, 4) is 11.1 Å². The summed E-state index contributed by atoms with van der Waals surface area (Å²) in [4.78, 5) is 25.4. The quantitative estimate of drug-likeness (QED) is 0.0293. The van der Waals surface area contributed by atoms with Gasteiger partial charge in [0.2, 0.25) is 12.1 Å². The number of nitrogens with two attached hydrogens (primary N) is 2. The fourth-order valence-corrected chi connectivity index (χ4v) is 5.09. The van der Waals surface area contributed by atoms with Crippen molar-refractivity contribution in [2.45, 2.75) is 31.7 Å². The predicted molar refractivity (Wildman–Crippen MR) is 174 cm³/mol. The van der Waals surface area contributed by atoms with Gasteiger partial charge in [-0.25, -0.2) is 10.6 Å². The minimum Gasteiger partial charge on any atom is -0.447 e. The van der Waals surface area contributed by atoms with Gasteiger partial charge in [0.05, 0.1) is 12.3 Å². The molecule has 0 aliphatic carbocycles. The van der Waals surface area contributed by atoms with Crippen LogP contribution in [0.3, 0.4) is 0 Å². The summed E-state index contributed by atoms with van der Waals surface area (Å²) in [7, 11) is 1.53. The van der Waals surface area contributed by atoms with Crippen LogP contribution in [0.5, 0.6) is 0 Å². The first-order valence-electron chi connectivity index (χ1n) is 14.4. The number of anilines is 3. The van der Waals surface area contributed by atoms with Crippen LogP contribution in [0, 0.1) is 0 Å². The number of pyridine rings is 1. The number of hydrogen-bond donors (Lipinski definition) is 6. The Hall–Kier alpha value is -4.85. The number of rotatable bonds is 9. The van der Waals surface area contributed by atoms with Gasteiger partial charge in [-0.15, -0.1) is 0 Å². The lowest BCUT2D eigenvalue weighted by molar-refractivity contribution is -0.910. The highest BCUT2D eigenvalue weighted by Crippen LogP contribution is 2.33. The second kappa shape index (κ2) is 16.3. The highest BCUT2D eigenvalue weighted by Gasteiger charge is 2.26. The lowest BCUT2D eigenvalue weighted by Gasteiger charge is -2.19. The van der Waals surface area contributed by atoms with Gasteiger partial charge in [0.15, 0.2) is 0 Å². The van der Waals surface area contributed by atoms with Crippen molar-refractivity contribution in [2.75, 3.05) is 42.5 Å². The van der Waals surface area contributed by atoms with E-state index in [2.05, 4.69) is 21.1 Å². The summed E-state index contributed by atoms with van der Waals surface area (Å²) in [5, 5.41) is 25.2. The SMILES string of the molecule is COCCOC(=O)Nc1ccc2c(c1)NCCCCC[C@H](NC(=O)/C=C/c1cc(Cl)ccc1N(N)/C=N\N)c1cc-2cc[n+]1O. The number of halogens is 1. The molecule has 1 aliphatic rings. The van der Waals surface area contributed by atoms with Gasteiger partial charge in [-0.3, -0.25) is 20.3 Å². The van der Waals surface area contributed by atoms with E-state index in [1.807, 2.05) is 18.2 Å². The van der Waals surface area contributed by atoms with Crippen molar-refractivity contribution in [3.05, 3.63) is 77.1 Å². The minimum atomic E-state index is -0.576. The number of hydrogen-bond acceptors (Lipinski definition) is 9. The normalized spacial score (nSPS) is 15.0. The molecule has 0 saturated carbocycles. The second-order valence-corrected chi connectivity index (χ2v) is 10.7. The molecule has 238 valence electrons. The van der Waals surface area contributed by atoms with Crippen LogP contribution in [0.2, 0.25) is 5.02 Å². The molecule has 8 N–H and O–H groups in total. The van der Waals surface area contributed by atoms with E-state index in [1.165, 1.54) is 24.5 Å². The first-order chi connectivity index (χ1) is 21.8. The fraction of sp³-hybridized carbons (Fsp3) is 0.290. The van der Waals surface area contributed by atoms with Gasteiger partial charge in [-0.1, -0.05) is 30.5 Å². The average molecular weight is 638 g/mol. The number of carbonyl (C=O) groups is 2. The molecule has 0 saturated heterocycles. The molecule has 0 radical (unpaired) electrons. The summed E-state index contributed by atoms with van der Waals surface area (Å²) in [6.07, 6.45) is 8.37. The molecule has 2 bridgehead atoms. The fourth-order valence-electron chi connectivity index (χ4n) is 4.91. The van der Waals surface area contributed by atoms with E-state index in [1.54, 1.807) is 42.6 Å². The molecule has 4 rings (SSSR count). The number of hydrazone groups is 1. The molecule has 14 heteroatoms. The largest absolute Gasteiger partial charge is 0.447 e. The summed E-state index contributed by atoms with van der Waals surface area (Å²) < 4.78 is 11.1. The molecule has 2 aromatic carbocycles. The summed E-state index contributed by atoms with van der Waals surface area (Å²) in [5.41, 5.74) is 4.69. The maximum atomic E-state index is 13.2. The molecule has 0 spiro atoms. The Kier molecular flexibility index (Phi) is 12.0. The van der Waals surface area contributed by atoms with Gasteiger partial charge in [0.1, 0.15) is 19.0 Å². The van der Waals surface area contributed by atoms with Gasteiger partial charge in [-0.05, 0) is 54.8 Å². The number of nitrogens with zero attached hydrogens (tertiary/aromatic N) is 3. The smallest absolute Gasteiger partial charge is 0.411 e. The first-order valence-corrected chi connectivity index (χ1v) is 14.8. The van der Waals surface area contributed by atoms with Crippen molar-refractivity contribution >= 4 is 53.1 Å².